The van der Waals surface area contributed by atoms with Crippen molar-refractivity contribution in [2.24, 2.45) is 21.0 Å². The SMILES string of the molecule is NC(=NCc1ccccc1)C(N=Nc1ccc(O)cc1)C(=O)NCc1ccccc1. The van der Waals surface area contributed by atoms with Crippen LogP contribution in [-0.4, -0.2) is 22.9 Å². The van der Waals surface area contributed by atoms with Gasteiger partial charge in [0, 0.05) is 6.54 Å². The number of amidine groups is 1. The smallest absolute Gasteiger partial charge is 0.254 e. The number of amides is 1. The normalized spacial score (nSPS) is 12.6. The number of nitrogens with zero attached hydrogens (tertiary/aromatic N) is 3. The Morgan fingerprint density at radius 2 is 1.50 bits per heavy atom. The van der Waals surface area contributed by atoms with E-state index in [0.717, 1.165) is 11.1 Å². The molecule has 0 saturated heterocycles. The van der Waals surface area contributed by atoms with Gasteiger partial charge < -0.3 is 16.2 Å². The van der Waals surface area contributed by atoms with Crippen LogP contribution in [0.4, 0.5) is 5.69 Å². The molecule has 4 N–H and O–H groups in total. The van der Waals surface area contributed by atoms with Gasteiger partial charge in [0.25, 0.3) is 5.91 Å². The van der Waals surface area contributed by atoms with Gasteiger partial charge in [0.1, 0.15) is 11.6 Å². The first-order chi connectivity index (χ1) is 14.6. The number of phenols is 1. The van der Waals surface area contributed by atoms with Crippen molar-refractivity contribution >= 4 is 17.4 Å². The minimum absolute atomic E-state index is 0.0759. The van der Waals surface area contributed by atoms with Crippen molar-refractivity contribution in [3.63, 3.8) is 0 Å². The number of nitrogens with two attached hydrogens (primary N) is 1. The van der Waals surface area contributed by atoms with Crippen molar-refractivity contribution in [3.05, 3.63) is 96.1 Å². The number of hydrogen-bond acceptors (Lipinski definition) is 5. The molecule has 3 rings (SSSR count). The van der Waals surface area contributed by atoms with Crippen LogP contribution in [0, 0.1) is 0 Å². The highest BCUT2D eigenvalue weighted by Gasteiger charge is 2.22. The molecule has 7 nitrogen and oxygen atoms in total. The number of aromatic hydroxyl groups is 1. The number of nitrogens with one attached hydrogen (secondary N) is 1. The highest BCUT2D eigenvalue weighted by molar-refractivity contribution is 6.06. The summed E-state index contributed by atoms with van der Waals surface area (Å²) in [4.78, 5) is 17.1. The minimum Gasteiger partial charge on any atom is -0.508 e. The van der Waals surface area contributed by atoms with Gasteiger partial charge in [-0.2, -0.15) is 10.2 Å². The predicted octanol–water partition coefficient (Wildman–Crippen LogP) is 3.72. The molecule has 3 aromatic rings. The monoisotopic (exact) mass is 401 g/mol. The van der Waals surface area contributed by atoms with Gasteiger partial charge in [-0.1, -0.05) is 60.7 Å². The van der Waals surface area contributed by atoms with Crippen molar-refractivity contribution in [1.82, 2.24) is 5.32 Å². The average molecular weight is 401 g/mol. The number of hydrogen-bond donors (Lipinski definition) is 3. The zero-order valence-corrected chi connectivity index (χ0v) is 16.3. The zero-order chi connectivity index (χ0) is 21.2. The number of phenolic OH excluding ortho intramolecular Hbond substituents is 1. The van der Waals surface area contributed by atoms with Crippen LogP contribution in [0.2, 0.25) is 0 Å². The Morgan fingerprint density at radius 3 is 2.13 bits per heavy atom. The molecule has 30 heavy (non-hydrogen) atoms. The highest BCUT2D eigenvalue weighted by Crippen LogP contribution is 2.17. The van der Waals surface area contributed by atoms with Crippen LogP contribution in [0.15, 0.2) is 100 Å². The van der Waals surface area contributed by atoms with Crippen molar-refractivity contribution < 1.29 is 9.90 Å². The van der Waals surface area contributed by atoms with E-state index in [4.69, 9.17) is 5.73 Å². The third-order valence-electron chi connectivity index (χ3n) is 4.26. The van der Waals surface area contributed by atoms with Crippen LogP contribution >= 0.6 is 0 Å². The van der Waals surface area contributed by atoms with Crippen LogP contribution in [0.25, 0.3) is 0 Å². The van der Waals surface area contributed by atoms with Gasteiger partial charge in [-0.3, -0.25) is 9.79 Å². The van der Waals surface area contributed by atoms with Crippen molar-refractivity contribution in [1.29, 1.82) is 0 Å². The summed E-state index contributed by atoms with van der Waals surface area (Å²) < 4.78 is 0. The van der Waals surface area contributed by atoms with E-state index in [1.54, 1.807) is 12.1 Å². The summed E-state index contributed by atoms with van der Waals surface area (Å²) in [5.74, 6) is -0.197. The molecule has 0 fully saturated rings. The van der Waals surface area contributed by atoms with Crippen molar-refractivity contribution in [2.75, 3.05) is 0 Å². The number of azo groups is 1. The van der Waals surface area contributed by atoms with Crippen LogP contribution < -0.4 is 11.1 Å². The summed E-state index contributed by atoms with van der Waals surface area (Å²) in [6.07, 6.45) is 0. The first-order valence-electron chi connectivity index (χ1n) is 9.47. The van der Waals surface area contributed by atoms with E-state index < -0.39 is 11.9 Å². The van der Waals surface area contributed by atoms with Crippen molar-refractivity contribution in [2.45, 2.75) is 19.1 Å². The van der Waals surface area contributed by atoms with Gasteiger partial charge in [-0.05, 0) is 35.4 Å². The van der Waals surface area contributed by atoms with Gasteiger partial charge in [-0.25, -0.2) is 0 Å². The van der Waals surface area contributed by atoms with Crippen LogP contribution in [0.3, 0.4) is 0 Å². The Kier molecular flexibility index (Phi) is 7.27. The molecule has 0 aromatic heterocycles. The topological polar surface area (TPSA) is 112 Å². The van der Waals surface area contributed by atoms with E-state index in [0.29, 0.717) is 18.8 Å². The molecule has 3 aromatic carbocycles. The van der Waals surface area contributed by atoms with E-state index in [9.17, 15) is 9.90 Å². The fourth-order valence-electron chi connectivity index (χ4n) is 2.62. The van der Waals surface area contributed by atoms with Crippen LogP contribution in [0.1, 0.15) is 11.1 Å². The molecule has 1 unspecified atom stereocenters. The summed E-state index contributed by atoms with van der Waals surface area (Å²) >= 11 is 0. The maximum Gasteiger partial charge on any atom is 0.254 e. The first-order valence-corrected chi connectivity index (χ1v) is 9.47. The quantitative estimate of drug-likeness (QED) is 0.304. The molecule has 0 aliphatic carbocycles. The van der Waals surface area contributed by atoms with E-state index in [2.05, 4.69) is 20.5 Å². The van der Waals surface area contributed by atoms with E-state index in [1.807, 2.05) is 60.7 Å². The molecule has 0 saturated carbocycles. The summed E-state index contributed by atoms with van der Waals surface area (Å²) in [5.41, 5.74) is 8.54. The number of rotatable bonds is 8. The minimum atomic E-state index is -1.06. The fourth-order valence-corrected chi connectivity index (χ4v) is 2.62. The molecule has 1 amide bonds. The molecule has 0 aliphatic heterocycles. The second kappa shape index (κ2) is 10.5. The zero-order valence-electron chi connectivity index (χ0n) is 16.3. The molecular weight excluding hydrogens is 378 g/mol. The Labute approximate surface area is 175 Å². The molecular formula is C23H23N5O2. The Morgan fingerprint density at radius 1 is 0.900 bits per heavy atom. The molecule has 0 heterocycles. The largest absolute Gasteiger partial charge is 0.508 e. The summed E-state index contributed by atoms with van der Waals surface area (Å²) in [7, 11) is 0. The second-order valence-corrected chi connectivity index (χ2v) is 6.56. The maximum atomic E-state index is 12.8. The van der Waals surface area contributed by atoms with Gasteiger partial charge in [0.15, 0.2) is 0 Å². The fraction of sp³-hybridized carbons (Fsp3) is 0.130. The van der Waals surface area contributed by atoms with Gasteiger partial charge >= 0.3 is 0 Å². The van der Waals surface area contributed by atoms with Crippen molar-refractivity contribution in [3.8, 4) is 5.75 Å². The molecule has 0 spiro atoms. The lowest BCUT2D eigenvalue weighted by Crippen LogP contribution is -2.42. The predicted molar refractivity (Wildman–Crippen MR) is 116 cm³/mol. The van der Waals surface area contributed by atoms with Crippen LogP contribution in [0.5, 0.6) is 5.75 Å². The molecule has 1 atom stereocenters. The number of aliphatic imine (C=N–C) groups is 1. The van der Waals surface area contributed by atoms with Crippen LogP contribution in [-0.2, 0) is 17.9 Å². The van der Waals surface area contributed by atoms with E-state index in [-0.39, 0.29) is 11.6 Å². The summed E-state index contributed by atoms with van der Waals surface area (Å²) in [6.45, 7) is 0.681. The van der Waals surface area contributed by atoms with Gasteiger partial charge in [-0.15, -0.1) is 0 Å². The average Bonchev–Trinajstić information content (AvgIpc) is 2.79. The third-order valence-corrected chi connectivity index (χ3v) is 4.26. The lowest BCUT2D eigenvalue weighted by Gasteiger charge is -2.12. The van der Waals surface area contributed by atoms with E-state index in [1.165, 1.54) is 12.1 Å². The number of benzene rings is 3. The first kappa shape index (κ1) is 20.7. The maximum absolute atomic E-state index is 12.8. The summed E-state index contributed by atoms with van der Waals surface area (Å²) in [5, 5.41) is 20.4. The lowest BCUT2D eigenvalue weighted by atomic mass is 10.2. The number of carbonyl (C=O) groups is 1. The second-order valence-electron chi connectivity index (χ2n) is 6.56. The number of carbonyl (C=O) groups excluding carboxylic acids is 1. The Hall–Kier alpha value is -4.00. The standard InChI is InChI=1S/C23H23N5O2/c24-22(25-15-17-7-3-1-4-8-17)21(28-27-19-11-13-20(29)14-12-19)23(30)26-16-18-9-5-2-6-10-18/h1-14,21,29H,15-16H2,(H2,24,25)(H,26,30). The van der Waals surface area contributed by atoms with Gasteiger partial charge in [0.2, 0.25) is 6.04 Å². The molecule has 0 aliphatic rings. The van der Waals surface area contributed by atoms with Gasteiger partial charge in [0.05, 0.1) is 12.2 Å². The third kappa shape index (κ3) is 6.27. The molecule has 0 radical (unpaired) electrons. The lowest BCUT2D eigenvalue weighted by molar-refractivity contribution is -0.121. The van der Waals surface area contributed by atoms with E-state index >= 15 is 0 Å². The summed E-state index contributed by atoms with van der Waals surface area (Å²) in [6, 6.07) is 24.3. The highest BCUT2D eigenvalue weighted by atomic mass is 16.3. The molecule has 0 bridgehead atoms. The molecule has 7 heteroatoms. The Balaban J connectivity index is 1.75. The molecule has 152 valence electrons. The Bertz CT molecular complexity index is 1000.